The minimum atomic E-state index is -0.789. The van der Waals surface area contributed by atoms with Gasteiger partial charge in [-0.1, -0.05) is 193 Å². The summed E-state index contributed by atoms with van der Waals surface area (Å²) in [5.74, 6) is -0.506. The molecule has 0 aromatic rings. The Hall–Kier alpha value is -1.66. The molecule has 6 nitrogen and oxygen atoms in total. The van der Waals surface area contributed by atoms with Gasteiger partial charge in [0.1, 0.15) is 6.10 Å². The summed E-state index contributed by atoms with van der Waals surface area (Å²) >= 11 is 0. The molecule has 0 rings (SSSR count). The van der Waals surface area contributed by atoms with Crippen molar-refractivity contribution in [3.63, 3.8) is 0 Å². The van der Waals surface area contributed by atoms with Crippen LogP contribution in [0.2, 0.25) is 0 Å². The van der Waals surface area contributed by atoms with E-state index in [1.807, 2.05) is 0 Å². The average molecular weight is 776 g/mol. The van der Waals surface area contributed by atoms with Crippen LogP contribution in [0.5, 0.6) is 0 Å². The molecule has 0 heterocycles. The van der Waals surface area contributed by atoms with Crippen molar-refractivity contribution < 1.29 is 24.5 Å². The maximum Gasteiger partial charge on any atom is 0.306 e. The zero-order valence-corrected chi connectivity index (χ0v) is 36.8. The second-order valence-corrected chi connectivity index (χ2v) is 16.5. The number of rotatable bonds is 43. The molecular formula is C49H93NO5. The van der Waals surface area contributed by atoms with Crippen molar-refractivity contribution in [2.24, 2.45) is 0 Å². The first-order valence-corrected chi connectivity index (χ1v) is 24.1. The second kappa shape index (κ2) is 43.5. The van der Waals surface area contributed by atoms with Crippen molar-refractivity contribution in [3.05, 3.63) is 24.3 Å². The van der Waals surface area contributed by atoms with Crippen LogP contribution < -0.4 is 5.32 Å². The van der Waals surface area contributed by atoms with E-state index in [0.717, 1.165) is 77.0 Å². The molecule has 0 spiro atoms. The van der Waals surface area contributed by atoms with E-state index in [1.165, 1.54) is 128 Å². The Morgan fingerprint density at radius 1 is 0.509 bits per heavy atom. The number of hydrogen-bond donors (Lipinski definition) is 3. The monoisotopic (exact) mass is 776 g/mol. The van der Waals surface area contributed by atoms with Crippen LogP contribution in [0, 0.1) is 0 Å². The van der Waals surface area contributed by atoms with Crippen LogP contribution in [0.1, 0.15) is 252 Å². The first-order chi connectivity index (χ1) is 27.0. The zero-order valence-electron chi connectivity index (χ0n) is 36.8. The molecule has 55 heavy (non-hydrogen) atoms. The molecule has 0 aromatic heterocycles. The second-order valence-electron chi connectivity index (χ2n) is 16.5. The van der Waals surface area contributed by atoms with Crippen molar-refractivity contribution >= 4 is 11.9 Å². The molecule has 0 radical (unpaired) electrons. The van der Waals surface area contributed by atoms with Crippen molar-refractivity contribution in [1.29, 1.82) is 0 Å². The maximum atomic E-state index is 13.1. The highest BCUT2D eigenvalue weighted by Crippen LogP contribution is 2.17. The fourth-order valence-corrected chi connectivity index (χ4v) is 7.31. The number of aliphatic hydroxyl groups is 2. The van der Waals surface area contributed by atoms with Gasteiger partial charge in [-0.05, 0) is 70.6 Å². The quantitative estimate of drug-likeness (QED) is 0.0326. The number of hydrogen-bond acceptors (Lipinski definition) is 5. The van der Waals surface area contributed by atoms with Gasteiger partial charge in [-0.15, -0.1) is 0 Å². The third-order valence-corrected chi connectivity index (χ3v) is 11.0. The van der Waals surface area contributed by atoms with Gasteiger partial charge in [-0.2, -0.15) is 0 Å². The average Bonchev–Trinajstić information content (AvgIpc) is 3.18. The number of amides is 1. The van der Waals surface area contributed by atoms with Gasteiger partial charge in [0.05, 0.1) is 25.2 Å². The van der Waals surface area contributed by atoms with E-state index < -0.39 is 18.2 Å². The topological polar surface area (TPSA) is 95.9 Å². The lowest BCUT2D eigenvalue weighted by Gasteiger charge is -2.24. The minimum Gasteiger partial charge on any atom is -0.462 e. The fourth-order valence-electron chi connectivity index (χ4n) is 7.31. The molecule has 1 amide bonds. The van der Waals surface area contributed by atoms with Gasteiger partial charge in [0.25, 0.3) is 0 Å². The van der Waals surface area contributed by atoms with Crippen LogP contribution in [0.3, 0.4) is 0 Å². The molecule has 3 unspecified atom stereocenters. The normalized spacial score (nSPS) is 13.5. The van der Waals surface area contributed by atoms with Gasteiger partial charge >= 0.3 is 5.97 Å². The largest absolute Gasteiger partial charge is 0.462 e. The van der Waals surface area contributed by atoms with Crippen molar-refractivity contribution in [2.45, 2.75) is 270 Å². The maximum absolute atomic E-state index is 13.1. The summed E-state index contributed by atoms with van der Waals surface area (Å²) in [7, 11) is 0. The lowest BCUT2D eigenvalue weighted by molar-refractivity contribution is -0.151. The molecular weight excluding hydrogens is 683 g/mol. The first kappa shape index (κ1) is 53.3. The number of allylic oxidation sites excluding steroid dienone is 4. The van der Waals surface area contributed by atoms with Crippen LogP contribution in [-0.4, -0.2) is 46.9 Å². The zero-order chi connectivity index (χ0) is 40.3. The standard InChI is InChI=1S/C49H93NO5/c1-4-7-10-13-16-19-21-23-24-26-27-29-32-35-38-41-47(52)46(44-51)50-48(53)43-45(40-37-34-31-18-15-12-9-6-3)55-49(54)42-39-36-33-30-28-25-22-20-17-14-11-8-5-2/h12,15,25,28,45-47,51-52H,4-11,13-14,16-24,26-27,29-44H2,1-3H3,(H,50,53)/b15-12-,28-25-. The summed E-state index contributed by atoms with van der Waals surface area (Å²) in [6.45, 7) is 6.40. The third kappa shape index (κ3) is 39.0. The van der Waals surface area contributed by atoms with E-state index in [9.17, 15) is 19.8 Å². The highest BCUT2D eigenvalue weighted by Gasteiger charge is 2.24. The van der Waals surface area contributed by atoms with Crippen LogP contribution in [0.25, 0.3) is 0 Å². The molecule has 3 atom stereocenters. The third-order valence-electron chi connectivity index (χ3n) is 11.0. The van der Waals surface area contributed by atoms with Gasteiger partial charge in [-0.25, -0.2) is 0 Å². The van der Waals surface area contributed by atoms with Crippen LogP contribution in [0.15, 0.2) is 24.3 Å². The smallest absolute Gasteiger partial charge is 0.306 e. The molecule has 0 aliphatic carbocycles. The van der Waals surface area contributed by atoms with E-state index in [1.54, 1.807) is 0 Å². The predicted octanol–water partition coefficient (Wildman–Crippen LogP) is 14.0. The summed E-state index contributed by atoms with van der Waals surface area (Å²) in [6.07, 6.45) is 48.2. The van der Waals surface area contributed by atoms with E-state index in [-0.39, 0.29) is 24.9 Å². The molecule has 0 aromatic carbocycles. The van der Waals surface area contributed by atoms with Gasteiger partial charge in [0.2, 0.25) is 5.91 Å². The Kier molecular flexibility index (Phi) is 42.2. The molecule has 0 aliphatic heterocycles. The number of unbranched alkanes of at least 4 members (excludes halogenated alkanes) is 27. The highest BCUT2D eigenvalue weighted by molar-refractivity contribution is 5.77. The van der Waals surface area contributed by atoms with Gasteiger partial charge in [0.15, 0.2) is 0 Å². The van der Waals surface area contributed by atoms with Crippen molar-refractivity contribution in [1.82, 2.24) is 5.32 Å². The van der Waals surface area contributed by atoms with Crippen molar-refractivity contribution in [3.8, 4) is 0 Å². The Bertz CT molecular complexity index is 873. The first-order valence-electron chi connectivity index (χ1n) is 24.1. The lowest BCUT2D eigenvalue weighted by Crippen LogP contribution is -2.46. The minimum absolute atomic E-state index is 0.0632. The summed E-state index contributed by atoms with van der Waals surface area (Å²) in [5.41, 5.74) is 0. The molecule has 6 heteroatoms. The number of carbonyl (C=O) groups excluding carboxylic acids is 2. The fraction of sp³-hybridized carbons (Fsp3) is 0.878. The summed E-state index contributed by atoms with van der Waals surface area (Å²) < 4.78 is 5.87. The number of ether oxygens (including phenoxy) is 1. The number of esters is 1. The van der Waals surface area contributed by atoms with E-state index in [2.05, 4.69) is 50.4 Å². The molecule has 0 aliphatic rings. The van der Waals surface area contributed by atoms with E-state index >= 15 is 0 Å². The lowest BCUT2D eigenvalue weighted by atomic mass is 10.0. The summed E-state index contributed by atoms with van der Waals surface area (Å²) in [6, 6.07) is -0.703. The molecule has 0 fully saturated rings. The summed E-state index contributed by atoms with van der Waals surface area (Å²) in [4.78, 5) is 25.9. The number of nitrogens with one attached hydrogen (secondary N) is 1. The Labute approximate surface area is 341 Å². The van der Waals surface area contributed by atoms with E-state index in [4.69, 9.17) is 4.74 Å². The predicted molar refractivity (Wildman–Crippen MR) is 236 cm³/mol. The number of aliphatic hydroxyl groups excluding tert-OH is 2. The molecule has 3 N–H and O–H groups in total. The van der Waals surface area contributed by atoms with E-state index in [0.29, 0.717) is 19.3 Å². The Morgan fingerprint density at radius 3 is 1.38 bits per heavy atom. The Balaban J connectivity index is 4.44. The van der Waals surface area contributed by atoms with Crippen molar-refractivity contribution in [2.75, 3.05) is 6.61 Å². The SMILES string of the molecule is CCC/C=C\CCCCCC(CC(=O)NC(CO)C(O)CCCCCCCCCCCCCCCCC)OC(=O)CCCCC/C=C\CCCCCCCC. The summed E-state index contributed by atoms with van der Waals surface area (Å²) in [5, 5.41) is 23.7. The molecule has 0 saturated heterocycles. The molecule has 324 valence electrons. The molecule has 0 bridgehead atoms. The van der Waals surface area contributed by atoms with Crippen LogP contribution >= 0.6 is 0 Å². The number of carbonyl (C=O) groups is 2. The van der Waals surface area contributed by atoms with Gasteiger partial charge in [0, 0.05) is 6.42 Å². The van der Waals surface area contributed by atoms with Crippen LogP contribution in [-0.2, 0) is 14.3 Å². The molecule has 0 saturated carbocycles. The Morgan fingerprint density at radius 2 is 0.909 bits per heavy atom. The highest BCUT2D eigenvalue weighted by atomic mass is 16.5. The van der Waals surface area contributed by atoms with Crippen LogP contribution in [0.4, 0.5) is 0 Å². The van der Waals surface area contributed by atoms with Gasteiger partial charge in [-0.3, -0.25) is 9.59 Å². The van der Waals surface area contributed by atoms with Gasteiger partial charge < -0.3 is 20.3 Å².